The summed E-state index contributed by atoms with van der Waals surface area (Å²) in [4.78, 5) is 2.23. The number of hydrogen-bond acceptors (Lipinski definition) is 2. The van der Waals surface area contributed by atoms with E-state index in [-0.39, 0.29) is 5.54 Å². The molecule has 0 bridgehead atoms. The van der Waals surface area contributed by atoms with Crippen LogP contribution in [0.5, 0.6) is 0 Å². The molecule has 3 heteroatoms. The molecule has 0 fully saturated rings. The van der Waals surface area contributed by atoms with Gasteiger partial charge < -0.3 is 10.6 Å². The molecule has 18 heavy (non-hydrogen) atoms. The Bertz CT molecular complexity index is 361. The van der Waals surface area contributed by atoms with E-state index in [1.54, 1.807) is 0 Å². The molecule has 1 rings (SSSR count). The van der Waals surface area contributed by atoms with E-state index in [1.165, 1.54) is 5.56 Å². The predicted octanol–water partition coefficient (Wildman–Crippen LogP) is 3.63. The first kappa shape index (κ1) is 15.5. The van der Waals surface area contributed by atoms with Gasteiger partial charge >= 0.3 is 0 Å². The maximum absolute atomic E-state index is 6.75. The number of benzene rings is 1. The van der Waals surface area contributed by atoms with E-state index in [2.05, 4.69) is 45.0 Å². The normalized spacial score (nSPS) is 16.6. The van der Waals surface area contributed by atoms with E-state index in [9.17, 15) is 0 Å². The Labute approximate surface area is 116 Å². The summed E-state index contributed by atoms with van der Waals surface area (Å²) in [6, 6.07) is 8.31. The van der Waals surface area contributed by atoms with Crippen LogP contribution >= 0.6 is 11.6 Å². The van der Waals surface area contributed by atoms with Crippen LogP contribution in [0.3, 0.4) is 0 Å². The molecule has 0 aliphatic rings. The van der Waals surface area contributed by atoms with Crippen LogP contribution in [0, 0.1) is 0 Å². The zero-order chi connectivity index (χ0) is 13.8. The van der Waals surface area contributed by atoms with Crippen molar-refractivity contribution in [2.45, 2.75) is 44.7 Å². The fraction of sp³-hybridized carbons (Fsp3) is 0.600. The van der Waals surface area contributed by atoms with Crippen LogP contribution in [0.15, 0.2) is 24.3 Å². The van der Waals surface area contributed by atoms with E-state index in [0.717, 1.165) is 24.3 Å². The molecule has 0 heterocycles. The van der Waals surface area contributed by atoms with Gasteiger partial charge in [0, 0.05) is 11.1 Å². The average molecular weight is 269 g/mol. The van der Waals surface area contributed by atoms with Crippen LogP contribution < -0.4 is 5.73 Å². The first-order valence-electron chi connectivity index (χ1n) is 6.67. The first-order chi connectivity index (χ1) is 8.45. The summed E-state index contributed by atoms with van der Waals surface area (Å²) in [7, 11) is 4.20. The Kier molecular flexibility index (Phi) is 5.64. The summed E-state index contributed by atoms with van der Waals surface area (Å²) in [6.45, 7) is 4.37. The third-order valence-electron chi connectivity index (χ3n) is 3.65. The fourth-order valence-electron chi connectivity index (χ4n) is 2.87. The lowest BCUT2D eigenvalue weighted by atomic mass is 9.78. The van der Waals surface area contributed by atoms with Crippen molar-refractivity contribution in [3.05, 3.63) is 34.9 Å². The van der Waals surface area contributed by atoms with E-state index in [4.69, 9.17) is 17.3 Å². The zero-order valence-corrected chi connectivity index (χ0v) is 12.7. The van der Waals surface area contributed by atoms with Gasteiger partial charge in [0.25, 0.3) is 0 Å². The second-order valence-corrected chi connectivity index (χ2v) is 5.62. The van der Waals surface area contributed by atoms with Gasteiger partial charge in [0.1, 0.15) is 0 Å². The zero-order valence-electron chi connectivity index (χ0n) is 11.9. The number of nitrogens with zero attached hydrogens (tertiary/aromatic N) is 1. The van der Waals surface area contributed by atoms with Gasteiger partial charge in [-0.2, -0.15) is 0 Å². The molecule has 1 aromatic carbocycles. The molecule has 0 aliphatic carbocycles. The largest absolute Gasteiger partial charge is 0.320 e. The second kappa shape index (κ2) is 6.55. The van der Waals surface area contributed by atoms with Crippen molar-refractivity contribution in [3.8, 4) is 0 Å². The average Bonchev–Trinajstić information content (AvgIpc) is 2.30. The van der Waals surface area contributed by atoms with Crippen molar-refractivity contribution in [2.75, 3.05) is 14.1 Å². The maximum Gasteiger partial charge on any atom is 0.0566 e. The van der Waals surface area contributed by atoms with Crippen LogP contribution in [-0.2, 0) is 5.54 Å². The Morgan fingerprint density at radius 1 is 1.22 bits per heavy atom. The minimum atomic E-state index is -0.308. The third-order valence-corrected chi connectivity index (χ3v) is 3.90. The quantitative estimate of drug-likeness (QED) is 0.854. The van der Waals surface area contributed by atoms with E-state index in [1.807, 2.05) is 12.1 Å². The highest BCUT2D eigenvalue weighted by Gasteiger charge is 2.36. The molecule has 2 nitrogen and oxygen atoms in total. The molecule has 0 saturated heterocycles. The van der Waals surface area contributed by atoms with Crippen LogP contribution in [0.4, 0.5) is 0 Å². The topological polar surface area (TPSA) is 29.3 Å². The highest BCUT2D eigenvalue weighted by molar-refractivity contribution is 6.30. The standard InChI is InChI=1S/C15H25ClN2/c1-5-11-15(17,14(6-2)18(3)4)12-7-9-13(16)10-8-12/h7-10,14H,5-6,11,17H2,1-4H3. The molecule has 0 aromatic heterocycles. The van der Waals surface area contributed by atoms with Crippen molar-refractivity contribution >= 4 is 11.6 Å². The molecule has 0 spiro atoms. The summed E-state index contributed by atoms with van der Waals surface area (Å²) in [5.74, 6) is 0. The molecular weight excluding hydrogens is 244 g/mol. The number of halogens is 1. The fourth-order valence-corrected chi connectivity index (χ4v) is 2.99. The maximum atomic E-state index is 6.75. The van der Waals surface area contributed by atoms with Crippen LogP contribution in [-0.4, -0.2) is 25.0 Å². The van der Waals surface area contributed by atoms with Crippen molar-refractivity contribution < 1.29 is 0 Å². The van der Waals surface area contributed by atoms with E-state index >= 15 is 0 Å². The summed E-state index contributed by atoms with van der Waals surface area (Å²) < 4.78 is 0. The summed E-state index contributed by atoms with van der Waals surface area (Å²) in [5.41, 5.74) is 7.62. The van der Waals surface area contributed by atoms with E-state index < -0.39 is 0 Å². The van der Waals surface area contributed by atoms with Crippen molar-refractivity contribution in [2.24, 2.45) is 5.73 Å². The van der Waals surface area contributed by atoms with Gasteiger partial charge in [-0.3, -0.25) is 0 Å². The highest BCUT2D eigenvalue weighted by Crippen LogP contribution is 2.32. The summed E-state index contributed by atoms with van der Waals surface area (Å²) >= 11 is 5.96. The molecule has 0 amide bonds. The minimum absolute atomic E-state index is 0.308. The van der Waals surface area contributed by atoms with E-state index in [0.29, 0.717) is 6.04 Å². The summed E-state index contributed by atoms with van der Waals surface area (Å²) in [6.07, 6.45) is 3.08. The Morgan fingerprint density at radius 3 is 2.17 bits per heavy atom. The Balaban J connectivity index is 3.16. The molecule has 0 radical (unpaired) electrons. The Hall–Kier alpha value is -0.570. The minimum Gasteiger partial charge on any atom is -0.320 e. The van der Waals surface area contributed by atoms with Crippen molar-refractivity contribution in [1.82, 2.24) is 4.90 Å². The van der Waals surface area contributed by atoms with Crippen LogP contribution in [0.1, 0.15) is 38.7 Å². The lowest BCUT2D eigenvalue weighted by Crippen LogP contribution is -2.53. The molecule has 0 aliphatic heterocycles. The van der Waals surface area contributed by atoms with Gasteiger partial charge in [-0.1, -0.05) is 44.0 Å². The van der Waals surface area contributed by atoms with Gasteiger partial charge in [-0.25, -0.2) is 0 Å². The SMILES string of the molecule is CCCC(N)(c1ccc(Cl)cc1)C(CC)N(C)C. The molecule has 102 valence electrons. The van der Waals surface area contributed by atoms with Gasteiger partial charge in [0.15, 0.2) is 0 Å². The van der Waals surface area contributed by atoms with Crippen LogP contribution in [0.2, 0.25) is 5.02 Å². The van der Waals surface area contributed by atoms with Gasteiger partial charge in [-0.05, 0) is 44.6 Å². The Morgan fingerprint density at radius 2 is 1.78 bits per heavy atom. The number of nitrogens with two attached hydrogens (primary N) is 1. The smallest absolute Gasteiger partial charge is 0.0566 e. The molecule has 0 saturated carbocycles. The molecule has 2 N–H and O–H groups in total. The first-order valence-corrected chi connectivity index (χ1v) is 7.04. The third kappa shape index (κ3) is 3.25. The number of rotatable bonds is 6. The summed E-state index contributed by atoms with van der Waals surface area (Å²) in [5, 5.41) is 0.760. The molecule has 2 unspecified atom stereocenters. The van der Waals surface area contributed by atoms with Crippen LogP contribution in [0.25, 0.3) is 0 Å². The predicted molar refractivity (Wildman–Crippen MR) is 80.0 cm³/mol. The van der Waals surface area contributed by atoms with Crippen molar-refractivity contribution in [1.29, 1.82) is 0 Å². The highest BCUT2D eigenvalue weighted by atomic mass is 35.5. The molecule has 2 atom stereocenters. The monoisotopic (exact) mass is 268 g/mol. The van der Waals surface area contributed by atoms with Gasteiger partial charge in [0.2, 0.25) is 0 Å². The second-order valence-electron chi connectivity index (χ2n) is 5.18. The van der Waals surface area contributed by atoms with Gasteiger partial charge in [0.05, 0.1) is 5.54 Å². The van der Waals surface area contributed by atoms with Gasteiger partial charge in [-0.15, -0.1) is 0 Å². The van der Waals surface area contributed by atoms with Crippen molar-refractivity contribution in [3.63, 3.8) is 0 Å². The molecular formula is C15H25ClN2. The lowest BCUT2D eigenvalue weighted by molar-refractivity contribution is 0.159. The lowest BCUT2D eigenvalue weighted by Gasteiger charge is -2.41. The number of hydrogen-bond donors (Lipinski definition) is 1. The molecule has 1 aromatic rings. The number of likely N-dealkylation sites (N-methyl/N-ethyl adjacent to an activating group) is 1.